The molecule has 3 atom stereocenters. The van der Waals surface area contributed by atoms with Crippen molar-refractivity contribution in [2.45, 2.75) is 25.6 Å². The Morgan fingerprint density at radius 2 is 2.40 bits per heavy atom. The second kappa shape index (κ2) is 3.91. The molecule has 5 heteroatoms. The predicted molar refractivity (Wildman–Crippen MR) is 54.7 cm³/mol. The molecule has 2 rings (SSSR count). The van der Waals surface area contributed by atoms with Crippen molar-refractivity contribution in [2.75, 3.05) is 25.6 Å². The first-order valence-electron chi connectivity index (χ1n) is 5.18. The normalized spacial score (nSPS) is 40.3. The molecule has 2 fully saturated rings. The van der Waals surface area contributed by atoms with E-state index in [4.69, 9.17) is 16.3 Å². The molecule has 0 aromatic rings. The van der Waals surface area contributed by atoms with Gasteiger partial charge in [0, 0.05) is 12.4 Å². The zero-order valence-electron chi connectivity index (χ0n) is 8.71. The van der Waals surface area contributed by atoms with Gasteiger partial charge >= 0.3 is 0 Å². The fraction of sp³-hybridized carbons (Fsp3) is 0.900. The van der Waals surface area contributed by atoms with E-state index in [1.807, 2.05) is 0 Å². The second-order valence-corrected chi connectivity index (χ2v) is 4.78. The first-order valence-corrected chi connectivity index (χ1v) is 5.72. The summed E-state index contributed by atoms with van der Waals surface area (Å²) < 4.78 is 18.3. The van der Waals surface area contributed by atoms with Gasteiger partial charge in [-0.2, -0.15) is 0 Å². The van der Waals surface area contributed by atoms with Crippen LogP contribution >= 0.6 is 11.6 Å². The number of amides is 1. The topological polar surface area (TPSA) is 29.5 Å². The Balaban J connectivity index is 2.05. The van der Waals surface area contributed by atoms with Gasteiger partial charge in [0.2, 0.25) is 5.91 Å². The van der Waals surface area contributed by atoms with Gasteiger partial charge in [-0.25, -0.2) is 4.39 Å². The van der Waals surface area contributed by atoms with Gasteiger partial charge < -0.3 is 9.64 Å². The van der Waals surface area contributed by atoms with Crippen LogP contribution in [0.3, 0.4) is 0 Å². The fourth-order valence-electron chi connectivity index (χ4n) is 1.91. The molecule has 0 aromatic carbocycles. The third-order valence-electron chi connectivity index (χ3n) is 3.29. The molecule has 86 valence electrons. The maximum atomic E-state index is 13.1. The van der Waals surface area contributed by atoms with Gasteiger partial charge in [-0.1, -0.05) is 0 Å². The van der Waals surface area contributed by atoms with E-state index in [1.54, 1.807) is 11.8 Å². The van der Waals surface area contributed by atoms with E-state index < -0.39 is 11.6 Å². The number of morpholine rings is 1. The first kappa shape index (κ1) is 11.1. The van der Waals surface area contributed by atoms with E-state index in [2.05, 4.69) is 0 Å². The van der Waals surface area contributed by atoms with Crippen molar-refractivity contribution in [3.8, 4) is 0 Å². The van der Waals surface area contributed by atoms with Gasteiger partial charge in [0.15, 0.2) is 0 Å². The van der Waals surface area contributed by atoms with E-state index in [1.165, 1.54) is 0 Å². The van der Waals surface area contributed by atoms with Crippen LogP contribution < -0.4 is 0 Å². The number of carbonyl (C=O) groups excluding carboxylic acids is 1. The smallest absolute Gasteiger partial charge is 0.232 e. The van der Waals surface area contributed by atoms with Gasteiger partial charge in [-0.05, 0) is 13.3 Å². The molecular weight excluding hydrogens is 221 g/mol. The Hall–Kier alpha value is -0.350. The third kappa shape index (κ3) is 1.85. The lowest BCUT2D eigenvalue weighted by molar-refractivity contribution is -0.145. The Bertz CT molecular complexity index is 276. The number of ether oxygens (including phenoxy) is 1. The number of hydrogen-bond donors (Lipinski definition) is 0. The molecule has 0 radical (unpaired) electrons. The van der Waals surface area contributed by atoms with E-state index in [0.717, 1.165) is 0 Å². The first-order chi connectivity index (χ1) is 7.09. The highest BCUT2D eigenvalue weighted by Gasteiger charge is 2.59. The Labute approximate surface area is 93.5 Å². The zero-order valence-corrected chi connectivity index (χ0v) is 9.47. The zero-order chi connectivity index (χ0) is 11.1. The summed E-state index contributed by atoms with van der Waals surface area (Å²) in [7, 11) is 0. The lowest BCUT2D eigenvalue weighted by atomic mass is 10.1. The lowest BCUT2D eigenvalue weighted by Gasteiger charge is -2.36. The van der Waals surface area contributed by atoms with Crippen molar-refractivity contribution >= 4 is 17.5 Å². The minimum absolute atomic E-state index is 0.0995. The van der Waals surface area contributed by atoms with Crippen LogP contribution in [0.15, 0.2) is 0 Å². The molecule has 1 aliphatic carbocycles. The van der Waals surface area contributed by atoms with E-state index in [9.17, 15) is 9.18 Å². The lowest BCUT2D eigenvalue weighted by Crippen LogP contribution is -2.52. The highest BCUT2D eigenvalue weighted by Crippen LogP contribution is 2.49. The molecule has 1 heterocycles. The Morgan fingerprint density at radius 1 is 1.73 bits per heavy atom. The summed E-state index contributed by atoms with van der Waals surface area (Å²) in [6.07, 6.45) is -0.637. The highest BCUT2D eigenvalue weighted by atomic mass is 35.5. The summed E-state index contributed by atoms with van der Waals surface area (Å²) in [6.45, 7) is 3.19. The van der Waals surface area contributed by atoms with Crippen LogP contribution in [0.1, 0.15) is 13.3 Å². The van der Waals surface area contributed by atoms with Crippen LogP contribution in [0.2, 0.25) is 0 Å². The van der Waals surface area contributed by atoms with Gasteiger partial charge in [0.05, 0.1) is 24.7 Å². The van der Waals surface area contributed by atoms with E-state index >= 15 is 0 Å². The Kier molecular flexibility index (Phi) is 2.90. The number of nitrogens with zero attached hydrogens (tertiary/aromatic N) is 1. The minimum atomic E-state index is -0.983. The van der Waals surface area contributed by atoms with E-state index in [-0.39, 0.29) is 11.9 Å². The quantitative estimate of drug-likeness (QED) is 0.674. The summed E-state index contributed by atoms with van der Waals surface area (Å²) in [5.41, 5.74) is -0.790. The number of rotatable bonds is 2. The summed E-state index contributed by atoms with van der Waals surface area (Å²) >= 11 is 5.76. The van der Waals surface area contributed by atoms with Crippen molar-refractivity contribution in [1.82, 2.24) is 4.90 Å². The molecule has 1 saturated carbocycles. The van der Waals surface area contributed by atoms with Crippen LogP contribution in [0.5, 0.6) is 0 Å². The summed E-state index contributed by atoms with van der Waals surface area (Å²) in [6, 6.07) is -0.0995. The van der Waals surface area contributed by atoms with Crippen molar-refractivity contribution in [1.29, 1.82) is 0 Å². The number of halogens is 2. The van der Waals surface area contributed by atoms with Gasteiger partial charge in [0.25, 0.3) is 0 Å². The van der Waals surface area contributed by atoms with Crippen molar-refractivity contribution in [2.24, 2.45) is 5.41 Å². The van der Waals surface area contributed by atoms with Gasteiger partial charge in [0.1, 0.15) is 6.17 Å². The molecular formula is C10H15ClFNO2. The largest absolute Gasteiger partial charge is 0.377 e. The third-order valence-corrected chi connectivity index (χ3v) is 3.65. The molecule has 0 bridgehead atoms. The summed E-state index contributed by atoms with van der Waals surface area (Å²) in [5.74, 6) is 0.239. The average molecular weight is 236 g/mol. The number of hydrogen-bond acceptors (Lipinski definition) is 2. The molecule has 1 saturated heterocycles. The molecule has 15 heavy (non-hydrogen) atoms. The highest BCUT2D eigenvalue weighted by molar-refractivity contribution is 6.18. The van der Waals surface area contributed by atoms with Gasteiger partial charge in [-0.15, -0.1) is 11.6 Å². The average Bonchev–Trinajstić information content (AvgIpc) is 2.87. The van der Waals surface area contributed by atoms with Crippen LogP contribution in [0.4, 0.5) is 4.39 Å². The predicted octanol–water partition coefficient (Wildman–Crippen LogP) is 1.20. The SMILES string of the molecule is CC1(C(=O)N2CCOCC2CCl)CC1F. The molecule has 1 amide bonds. The molecule has 2 aliphatic rings. The molecule has 0 N–H and O–H groups in total. The van der Waals surface area contributed by atoms with Crippen LogP contribution in [-0.2, 0) is 9.53 Å². The van der Waals surface area contributed by atoms with Crippen LogP contribution in [-0.4, -0.2) is 48.7 Å². The van der Waals surface area contributed by atoms with E-state index in [0.29, 0.717) is 32.1 Å². The van der Waals surface area contributed by atoms with Crippen molar-refractivity contribution < 1.29 is 13.9 Å². The molecule has 1 aliphatic heterocycles. The molecule has 0 spiro atoms. The number of alkyl halides is 2. The maximum Gasteiger partial charge on any atom is 0.232 e. The standard InChI is InChI=1S/C10H15ClFNO2/c1-10(4-8(10)12)9(14)13-2-3-15-6-7(13)5-11/h7-8H,2-6H2,1H3. The van der Waals surface area contributed by atoms with Crippen LogP contribution in [0, 0.1) is 5.41 Å². The summed E-state index contributed by atoms with van der Waals surface area (Å²) in [5, 5.41) is 0. The minimum Gasteiger partial charge on any atom is -0.377 e. The van der Waals surface area contributed by atoms with Crippen LogP contribution in [0.25, 0.3) is 0 Å². The Morgan fingerprint density at radius 3 is 2.93 bits per heavy atom. The van der Waals surface area contributed by atoms with Gasteiger partial charge in [-0.3, -0.25) is 4.79 Å². The van der Waals surface area contributed by atoms with Crippen molar-refractivity contribution in [3.05, 3.63) is 0 Å². The molecule has 0 aromatic heterocycles. The molecule has 3 nitrogen and oxygen atoms in total. The summed E-state index contributed by atoms with van der Waals surface area (Å²) in [4.78, 5) is 13.7. The fourth-order valence-corrected chi connectivity index (χ4v) is 2.17. The molecule has 3 unspecified atom stereocenters. The monoisotopic (exact) mass is 235 g/mol. The maximum absolute atomic E-state index is 13.1. The van der Waals surface area contributed by atoms with Crippen molar-refractivity contribution in [3.63, 3.8) is 0 Å². The second-order valence-electron chi connectivity index (χ2n) is 4.47. The number of carbonyl (C=O) groups is 1.